The number of hydrogen-bond acceptors (Lipinski definition) is 7. The summed E-state index contributed by atoms with van der Waals surface area (Å²) in [5, 5.41) is 14.6. The van der Waals surface area contributed by atoms with Crippen molar-refractivity contribution < 1.29 is 14.3 Å². The molecule has 0 unspecified atom stereocenters. The maximum absolute atomic E-state index is 11.7. The third kappa shape index (κ3) is 4.95. The van der Waals surface area contributed by atoms with Crippen LogP contribution in [0.3, 0.4) is 0 Å². The quantitative estimate of drug-likeness (QED) is 0.650. The molecule has 1 N–H and O–H groups in total. The predicted octanol–water partition coefficient (Wildman–Crippen LogP) is -0.851. The van der Waals surface area contributed by atoms with Crippen molar-refractivity contribution >= 4 is 23.6 Å². The van der Waals surface area contributed by atoms with Crippen molar-refractivity contribution in [2.24, 2.45) is 0 Å². The van der Waals surface area contributed by atoms with Gasteiger partial charge in [0, 0.05) is 20.7 Å². The van der Waals surface area contributed by atoms with Crippen molar-refractivity contribution in [3.8, 4) is 0 Å². The monoisotopic (exact) mass is 328 g/mol. The van der Waals surface area contributed by atoms with Crippen LogP contribution in [0.2, 0.25) is 0 Å². The Hall–Kier alpha value is -1.68. The van der Waals surface area contributed by atoms with Gasteiger partial charge in [0.2, 0.25) is 17.0 Å². The number of rotatable bonds is 7. The molecule has 0 aromatic carbocycles. The molecule has 0 radical (unpaired) electrons. The van der Waals surface area contributed by atoms with Crippen LogP contribution in [-0.2, 0) is 20.9 Å². The number of likely N-dealkylation sites (N-methyl/N-ethyl adjacent to an activating group) is 1. The van der Waals surface area contributed by atoms with E-state index in [2.05, 4.69) is 20.8 Å². The lowest BCUT2D eigenvalue weighted by atomic mass is 10.2. The summed E-state index contributed by atoms with van der Waals surface area (Å²) in [6, 6.07) is 0. The highest BCUT2D eigenvalue weighted by Gasteiger charge is 2.19. The van der Waals surface area contributed by atoms with Gasteiger partial charge < -0.3 is 15.0 Å². The molecule has 2 amide bonds. The minimum Gasteiger partial charge on any atom is -0.376 e. The van der Waals surface area contributed by atoms with Crippen molar-refractivity contribution in [2.45, 2.75) is 30.6 Å². The zero-order valence-electron chi connectivity index (χ0n) is 12.7. The third-order valence-corrected chi connectivity index (χ3v) is 4.12. The summed E-state index contributed by atoms with van der Waals surface area (Å²) in [6.07, 6.45) is 2.18. The van der Waals surface area contributed by atoms with Crippen LogP contribution < -0.4 is 5.32 Å². The van der Waals surface area contributed by atoms with Gasteiger partial charge in [-0.1, -0.05) is 11.8 Å². The van der Waals surface area contributed by atoms with E-state index in [-0.39, 0.29) is 30.2 Å². The van der Waals surface area contributed by atoms with Crippen LogP contribution in [-0.4, -0.2) is 76.0 Å². The molecule has 10 heteroatoms. The second-order valence-electron chi connectivity index (χ2n) is 5.13. The minimum absolute atomic E-state index is 0.00670. The van der Waals surface area contributed by atoms with Crippen molar-refractivity contribution in [1.82, 2.24) is 30.4 Å². The molecular formula is C12H20N6O3S. The standard InChI is InChI=1S/C12H20N6O3S/c1-17(2)11(20)6-13-10(19)8-22-12-14-15-16-18(12)7-9-4-3-5-21-9/h9H,3-8H2,1-2H3,(H,13,19)/t9-/m1/s1. The van der Waals surface area contributed by atoms with E-state index < -0.39 is 0 Å². The molecule has 1 aliphatic rings. The number of nitrogens with one attached hydrogen (secondary N) is 1. The lowest BCUT2D eigenvalue weighted by molar-refractivity contribution is -0.130. The van der Waals surface area contributed by atoms with E-state index in [9.17, 15) is 9.59 Å². The number of hydrogen-bond donors (Lipinski definition) is 1. The molecule has 0 spiro atoms. The lowest BCUT2D eigenvalue weighted by Gasteiger charge is -2.11. The number of nitrogens with zero attached hydrogens (tertiary/aromatic N) is 5. The number of aromatic nitrogens is 4. The Balaban J connectivity index is 1.75. The molecule has 1 fully saturated rings. The average Bonchev–Trinajstić information content (AvgIpc) is 3.14. The fraction of sp³-hybridized carbons (Fsp3) is 0.750. The highest BCUT2D eigenvalue weighted by Crippen LogP contribution is 2.18. The van der Waals surface area contributed by atoms with Gasteiger partial charge >= 0.3 is 0 Å². The first kappa shape index (κ1) is 16.7. The summed E-state index contributed by atoms with van der Waals surface area (Å²) in [7, 11) is 3.28. The summed E-state index contributed by atoms with van der Waals surface area (Å²) in [6.45, 7) is 1.36. The normalized spacial score (nSPS) is 17.5. The Morgan fingerprint density at radius 1 is 1.50 bits per heavy atom. The number of carbonyl (C=O) groups is 2. The zero-order chi connectivity index (χ0) is 15.9. The van der Waals surface area contributed by atoms with Crippen LogP contribution in [0.15, 0.2) is 5.16 Å². The van der Waals surface area contributed by atoms with Gasteiger partial charge in [-0.25, -0.2) is 4.68 Å². The highest BCUT2D eigenvalue weighted by atomic mass is 32.2. The molecule has 1 aromatic rings. The first-order valence-electron chi connectivity index (χ1n) is 7.03. The van der Waals surface area contributed by atoms with Crippen molar-refractivity contribution in [2.75, 3.05) is 33.0 Å². The number of carbonyl (C=O) groups excluding carboxylic acids is 2. The van der Waals surface area contributed by atoms with E-state index in [0.717, 1.165) is 19.4 Å². The largest absolute Gasteiger partial charge is 0.376 e. The first-order chi connectivity index (χ1) is 10.6. The van der Waals surface area contributed by atoms with Crippen molar-refractivity contribution in [1.29, 1.82) is 0 Å². The molecule has 2 heterocycles. The average molecular weight is 328 g/mol. The first-order valence-corrected chi connectivity index (χ1v) is 8.02. The van der Waals surface area contributed by atoms with E-state index in [1.807, 2.05) is 0 Å². The van der Waals surface area contributed by atoms with Gasteiger partial charge in [-0.2, -0.15) is 0 Å². The molecule has 9 nitrogen and oxygen atoms in total. The number of thioether (sulfide) groups is 1. The summed E-state index contributed by atoms with van der Waals surface area (Å²) in [4.78, 5) is 24.5. The molecule has 122 valence electrons. The summed E-state index contributed by atoms with van der Waals surface area (Å²) >= 11 is 1.24. The van der Waals surface area contributed by atoms with Gasteiger partial charge in [0.05, 0.1) is 24.9 Å². The van der Waals surface area contributed by atoms with Crippen LogP contribution in [0.25, 0.3) is 0 Å². The van der Waals surface area contributed by atoms with E-state index in [1.165, 1.54) is 16.7 Å². The van der Waals surface area contributed by atoms with Crippen LogP contribution in [0.4, 0.5) is 0 Å². The molecule has 0 saturated carbocycles. The van der Waals surface area contributed by atoms with Crippen LogP contribution in [0, 0.1) is 0 Å². The molecular weight excluding hydrogens is 308 g/mol. The molecule has 22 heavy (non-hydrogen) atoms. The van der Waals surface area contributed by atoms with Gasteiger partial charge in [-0.05, 0) is 23.3 Å². The van der Waals surface area contributed by atoms with Crippen molar-refractivity contribution in [3.05, 3.63) is 0 Å². The fourth-order valence-electron chi connectivity index (χ4n) is 1.91. The topological polar surface area (TPSA) is 102 Å². The molecule has 0 bridgehead atoms. The SMILES string of the molecule is CN(C)C(=O)CNC(=O)CSc1nnnn1C[C@H]1CCCO1. The number of ether oxygens (including phenoxy) is 1. The summed E-state index contributed by atoms with van der Waals surface area (Å²) < 4.78 is 7.20. The summed E-state index contributed by atoms with van der Waals surface area (Å²) in [5.74, 6) is -0.222. The van der Waals surface area contributed by atoms with E-state index in [1.54, 1.807) is 18.8 Å². The number of amides is 2. The maximum atomic E-state index is 11.7. The van der Waals surface area contributed by atoms with E-state index in [4.69, 9.17) is 4.74 Å². The predicted molar refractivity (Wildman–Crippen MR) is 79.2 cm³/mol. The second-order valence-corrected chi connectivity index (χ2v) is 6.07. The van der Waals surface area contributed by atoms with Crippen LogP contribution in [0.5, 0.6) is 0 Å². The Labute approximate surface area is 132 Å². The van der Waals surface area contributed by atoms with Crippen LogP contribution >= 0.6 is 11.8 Å². The Kier molecular flexibility index (Phi) is 6.13. The third-order valence-electron chi connectivity index (χ3n) is 3.17. The molecule has 1 saturated heterocycles. The lowest BCUT2D eigenvalue weighted by Crippen LogP contribution is -2.37. The van der Waals surface area contributed by atoms with E-state index >= 15 is 0 Å². The maximum Gasteiger partial charge on any atom is 0.241 e. The second kappa shape index (κ2) is 8.08. The molecule has 1 aromatic heterocycles. The molecule has 1 aliphatic heterocycles. The Morgan fingerprint density at radius 2 is 2.32 bits per heavy atom. The Bertz CT molecular complexity index is 515. The fourth-order valence-corrected chi connectivity index (χ4v) is 2.63. The summed E-state index contributed by atoms with van der Waals surface area (Å²) in [5.41, 5.74) is 0. The Morgan fingerprint density at radius 3 is 3.00 bits per heavy atom. The van der Waals surface area contributed by atoms with Crippen LogP contribution in [0.1, 0.15) is 12.8 Å². The van der Waals surface area contributed by atoms with Gasteiger partial charge in [-0.3, -0.25) is 9.59 Å². The smallest absolute Gasteiger partial charge is 0.241 e. The molecule has 1 atom stereocenters. The van der Waals surface area contributed by atoms with Gasteiger partial charge in [0.1, 0.15) is 0 Å². The van der Waals surface area contributed by atoms with E-state index in [0.29, 0.717) is 11.7 Å². The number of tetrazole rings is 1. The molecule has 0 aliphatic carbocycles. The van der Waals surface area contributed by atoms with Crippen molar-refractivity contribution in [3.63, 3.8) is 0 Å². The minimum atomic E-state index is -0.230. The van der Waals surface area contributed by atoms with Gasteiger partial charge in [0.25, 0.3) is 0 Å². The van der Waals surface area contributed by atoms with Gasteiger partial charge in [0.15, 0.2) is 0 Å². The zero-order valence-corrected chi connectivity index (χ0v) is 13.5. The highest BCUT2D eigenvalue weighted by molar-refractivity contribution is 7.99. The van der Waals surface area contributed by atoms with Gasteiger partial charge in [-0.15, -0.1) is 5.10 Å². The molecule has 2 rings (SSSR count).